The lowest BCUT2D eigenvalue weighted by Gasteiger charge is -2.11. The quantitative estimate of drug-likeness (QED) is 0.592. The second-order valence-electron chi connectivity index (χ2n) is 3.63. The van der Waals surface area contributed by atoms with Crippen molar-refractivity contribution in [1.29, 1.82) is 0 Å². The molecule has 1 aliphatic carbocycles. The van der Waals surface area contributed by atoms with E-state index in [0.29, 0.717) is 5.54 Å². The highest BCUT2D eigenvalue weighted by atomic mass is 32.2. The average Bonchev–Trinajstić information content (AvgIpc) is 2.84. The number of hydrogen-bond donors (Lipinski definition) is 1. The van der Waals surface area contributed by atoms with Gasteiger partial charge >= 0.3 is 0 Å². The van der Waals surface area contributed by atoms with Gasteiger partial charge in [0.2, 0.25) is 0 Å². The van der Waals surface area contributed by atoms with Crippen LogP contribution in [0.3, 0.4) is 0 Å². The van der Waals surface area contributed by atoms with E-state index in [1.807, 2.05) is 12.3 Å². The Morgan fingerprint density at radius 2 is 2.23 bits per heavy atom. The summed E-state index contributed by atoms with van der Waals surface area (Å²) in [6, 6.07) is 1.99. The van der Waals surface area contributed by atoms with Crippen molar-refractivity contribution >= 4 is 17.6 Å². The van der Waals surface area contributed by atoms with Crippen LogP contribution in [0.5, 0.6) is 0 Å². The molecule has 3 nitrogen and oxygen atoms in total. The zero-order chi connectivity index (χ0) is 9.31. The Balaban J connectivity index is 2.11. The maximum absolute atomic E-state index is 4.18. The van der Waals surface area contributed by atoms with Gasteiger partial charge < -0.3 is 5.32 Å². The van der Waals surface area contributed by atoms with Crippen molar-refractivity contribution in [3.63, 3.8) is 0 Å². The third kappa shape index (κ3) is 2.12. The van der Waals surface area contributed by atoms with Gasteiger partial charge in [-0.2, -0.15) is 0 Å². The first-order chi connectivity index (χ1) is 6.22. The number of anilines is 1. The molecule has 2 rings (SSSR count). The Bertz CT molecular complexity index is 309. The second kappa shape index (κ2) is 3.18. The summed E-state index contributed by atoms with van der Waals surface area (Å²) in [6.45, 7) is 2.22. The van der Waals surface area contributed by atoms with Gasteiger partial charge in [0.05, 0.1) is 0 Å². The highest BCUT2D eigenvalue weighted by Crippen LogP contribution is 2.37. The van der Waals surface area contributed by atoms with Crippen LogP contribution in [0.25, 0.3) is 0 Å². The fraction of sp³-hybridized carbons (Fsp3) is 0.556. The lowest BCUT2D eigenvalue weighted by Crippen LogP contribution is -2.16. The number of rotatable bonds is 3. The molecule has 0 atom stereocenters. The summed E-state index contributed by atoms with van der Waals surface area (Å²) < 4.78 is 0. The standard InChI is InChI=1S/C9H13N3S/c1-9(3-4-9)12-7-5-8(13-2)11-6-10-7/h5-6H,3-4H2,1-2H3,(H,10,11,12). The molecule has 1 aliphatic rings. The first kappa shape index (κ1) is 8.81. The molecule has 0 unspecified atom stereocenters. The molecule has 1 heterocycles. The SMILES string of the molecule is CSc1cc(NC2(C)CC2)ncn1. The van der Waals surface area contributed by atoms with Gasteiger partial charge in [-0.15, -0.1) is 11.8 Å². The van der Waals surface area contributed by atoms with E-state index in [9.17, 15) is 0 Å². The number of hydrogen-bond acceptors (Lipinski definition) is 4. The van der Waals surface area contributed by atoms with E-state index in [1.54, 1.807) is 18.1 Å². The molecule has 0 saturated heterocycles. The van der Waals surface area contributed by atoms with E-state index in [4.69, 9.17) is 0 Å². The molecule has 1 aromatic heterocycles. The lowest BCUT2D eigenvalue weighted by molar-refractivity contribution is 0.816. The van der Waals surface area contributed by atoms with Crippen molar-refractivity contribution in [3.05, 3.63) is 12.4 Å². The summed E-state index contributed by atoms with van der Waals surface area (Å²) in [7, 11) is 0. The predicted octanol–water partition coefficient (Wildman–Crippen LogP) is 2.16. The van der Waals surface area contributed by atoms with Crippen LogP contribution in [-0.4, -0.2) is 21.8 Å². The topological polar surface area (TPSA) is 37.8 Å². The van der Waals surface area contributed by atoms with Crippen molar-refractivity contribution in [1.82, 2.24) is 9.97 Å². The summed E-state index contributed by atoms with van der Waals surface area (Å²) >= 11 is 1.64. The van der Waals surface area contributed by atoms with Gasteiger partial charge in [-0.3, -0.25) is 0 Å². The molecular weight excluding hydrogens is 182 g/mol. The summed E-state index contributed by atoms with van der Waals surface area (Å²) in [6.07, 6.45) is 6.11. The average molecular weight is 195 g/mol. The van der Waals surface area contributed by atoms with Crippen LogP contribution in [0.1, 0.15) is 19.8 Å². The minimum atomic E-state index is 0.296. The summed E-state index contributed by atoms with van der Waals surface area (Å²) in [5.41, 5.74) is 0.296. The molecular formula is C9H13N3S. The van der Waals surface area contributed by atoms with E-state index >= 15 is 0 Å². The number of nitrogens with one attached hydrogen (secondary N) is 1. The highest BCUT2D eigenvalue weighted by Gasteiger charge is 2.37. The monoisotopic (exact) mass is 195 g/mol. The van der Waals surface area contributed by atoms with Crippen LogP contribution in [0.2, 0.25) is 0 Å². The molecule has 1 aromatic rings. The lowest BCUT2D eigenvalue weighted by atomic mass is 10.3. The second-order valence-corrected chi connectivity index (χ2v) is 4.46. The largest absolute Gasteiger partial charge is 0.365 e. The van der Waals surface area contributed by atoms with E-state index in [2.05, 4.69) is 22.2 Å². The molecule has 1 N–H and O–H groups in total. The minimum Gasteiger partial charge on any atom is -0.365 e. The van der Waals surface area contributed by atoms with Crippen LogP contribution < -0.4 is 5.32 Å². The molecule has 0 aliphatic heterocycles. The molecule has 4 heteroatoms. The minimum absolute atomic E-state index is 0.296. The Morgan fingerprint density at radius 1 is 1.46 bits per heavy atom. The Hall–Kier alpha value is -0.770. The van der Waals surface area contributed by atoms with E-state index in [0.717, 1.165) is 10.8 Å². The van der Waals surface area contributed by atoms with Gasteiger partial charge in [0.15, 0.2) is 0 Å². The van der Waals surface area contributed by atoms with E-state index in [-0.39, 0.29) is 0 Å². The van der Waals surface area contributed by atoms with E-state index < -0.39 is 0 Å². The summed E-state index contributed by atoms with van der Waals surface area (Å²) in [4.78, 5) is 8.30. The Labute approximate surface area is 82.4 Å². The molecule has 1 fully saturated rings. The van der Waals surface area contributed by atoms with Gasteiger partial charge in [-0.1, -0.05) is 0 Å². The van der Waals surface area contributed by atoms with E-state index in [1.165, 1.54) is 12.8 Å². The third-order valence-corrected chi connectivity index (χ3v) is 2.92. The number of thioether (sulfide) groups is 1. The molecule has 0 radical (unpaired) electrons. The molecule has 13 heavy (non-hydrogen) atoms. The van der Waals surface area contributed by atoms with Crippen LogP contribution in [0.15, 0.2) is 17.4 Å². The first-order valence-corrected chi connectivity index (χ1v) is 5.59. The van der Waals surface area contributed by atoms with Crippen LogP contribution >= 0.6 is 11.8 Å². The van der Waals surface area contributed by atoms with Crippen LogP contribution in [0.4, 0.5) is 5.82 Å². The van der Waals surface area contributed by atoms with Crippen LogP contribution in [0, 0.1) is 0 Å². The maximum atomic E-state index is 4.18. The fourth-order valence-electron chi connectivity index (χ4n) is 1.14. The zero-order valence-corrected chi connectivity index (χ0v) is 8.69. The van der Waals surface area contributed by atoms with Crippen molar-refractivity contribution in [3.8, 4) is 0 Å². The maximum Gasteiger partial charge on any atom is 0.130 e. The van der Waals surface area contributed by atoms with Gasteiger partial charge in [0, 0.05) is 11.6 Å². The van der Waals surface area contributed by atoms with Crippen molar-refractivity contribution in [2.75, 3.05) is 11.6 Å². The first-order valence-electron chi connectivity index (χ1n) is 4.36. The fourth-order valence-corrected chi connectivity index (χ4v) is 1.52. The molecule has 0 aromatic carbocycles. The van der Waals surface area contributed by atoms with Crippen LogP contribution in [-0.2, 0) is 0 Å². The Kier molecular flexibility index (Phi) is 2.15. The predicted molar refractivity (Wildman–Crippen MR) is 55.1 cm³/mol. The summed E-state index contributed by atoms with van der Waals surface area (Å²) in [5, 5.41) is 4.42. The van der Waals surface area contributed by atoms with Gasteiger partial charge in [-0.25, -0.2) is 9.97 Å². The van der Waals surface area contributed by atoms with Gasteiger partial charge in [0.25, 0.3) is 0 Å². The summed E-state index contributed by atoms with van der Waals surface area (Å²) in [5.74, 6) is 0.944. The number of aromatic nitrogens is 2. The van der Waals surface area contributed by atoms with Crippen molar-refractivity contribution in [2.24, 2.45) is 0 Å². The van der Waals surface area contributed by atoms with Gasteiger partial charge in [-0.05, 0) is 26.0 Å². The zero-order valence-electron chi connectivity index (χ0n) is 7.87. The molecule has 70 valence electrons. The molecule has 1 saturated carbocycles. The normalized spacial score (nSPS) is 18.3. The smallest absolute Gasteiger partial charge is 0.130 e. The number of nitrogens with zero attached hydrogens (tertiary/aromatic N) is 2. The molecule has 0 amide bonds. The Morgan fingerprint density at radius 3 is 2.85 bits per heavy atom. The third-order valence-electron chi connectivity index (χ3n) is 2.28. The van der Waals surface area contributed by atoms with Crippen molar-refractivity contribution < 1.29 is 0 Å². The van der Waals surface area contributed by atoms with Crippen molar-refractivity contribution in [2.45, 2.75) is 30.3 Å². The van der Waals surface area contributed by atoms with Gasteiger partial charge in [0.1, 0.15) is 17.2 Å². The molecule has 0 bridgehead atoms. The highest BCUT2D eigenvalue weighted by molar-refractivity contribution is 7.98. The molecule has 0 spiro atoms.